The van der Waals surface area contributed by atoms with E-state index in [-0.39, 0.29) is 5.91 Å². The minimum absolute atomic E-state index is 0.0492. The molecule has 1 aromatic carbocycles. The Morgan fingerprint density at radius 1 is 1.06 bits per heavy atom. The van der Waals surface area contributed by atoms with Crippen molar-refractivity contribution in [1.29, 1.82) is 0 Å². The van der Waals surface area contributed by atoms with E-state index in [2.05, 4.69) is 40.1 Å². The number of H-pyrrole nitrogens is 1. The fraction of sp³-hybridized carbons (Fsp3) is 0.321. The Bertz CT molecular complexity index is 1350. The lowest BCUT2D eigenvalue weighted by molar-refractivity contribution is 0.0797. The van der Waals surface area contributed by atoms with Gasteiger partial charge in [-0.3, -0.25) is 4.79 Å². The number of nitrogens with one attached hydrogen (secondary N) is 2. The normalized spacial score (nSPS) is 11.0. The number of methoxy groups -OCH3 is 1. The third-order valence-electron chi connectivity index (χ3n) is 6.47. The second-order valence-corrected chi connectivity index (χ2v) is 8.62. The number of aromatic amines is 1. The SMILES string of the molecule is CCN(CC)c1ncc(-c2cnc3[nH]cc(-c4ccccc4OC)c3c2)cc1C(=O)N(C)CCNC. The number of amides is 1. The minimum atomic E-state index is -0.0492. The second-order valence-electron chi connectivity index (χ2n) is 8.62. The van der Waals surface area contributed by atoms with Crippen molar-refractivity contribution in [2.45, 2.75) is 13.8 Å². The highest BCUT2D eigenvalue weighted by Crippen LogP contribution is 2.36. The summed E-state index contributed by atoms with van der Waals surface area (Å²) in [5.41, 5.74) is 5.11. The molecule has 0 saturated carbocycles. The maximum Gasteiger partial charge on any atom is 0.257 e. The van der Waals surface area contributed by atoms with Crippen molar-refractivity contribution < 1.29 is 9.53 Å². The average Bonchev–Trinajstić information content (AvgIpc) is 3.35. The maximum atomic E-state index is 13.5. The van der Waals surface area contributed by atoms with Crippen LogP contribution in [0.5, 0.6) is 5.75 Å². The molecule has 4 aromatic rings. The molecule has 0 aliphatic rings. The molecule has 0 saturated heterocycles. The Morgan fingerprint density at radius 3 is 2.50 bits per heavy atom. The highest BCUT2D eigenvalue weighted by atomic mass is 16.5. The molecule has 4 rings (SSSR count). The number of hydrogen-bond donors (Lipinski definition) is 2. The Balaban J connectivity index is 1.81. The van der Waals surface area contributed by atoms with Gasteiger partial charge < -0.3 is 24.8 Å². The number of hydrogen-bond acceptors (Lipinski definition) is 6. The maximum absolute atomic E-state index is 13.5. The first kappa shape index (κ1) is 25.2. The molecule has 0 aliphatic heterocycles. The van der Waals surface area contributed by atoms with Crippen LogP contribution in [-0.2, 0) is 0 Å². The first-order valence-corrected chi connectivity index (χ1v) is 12.3. The van der Waals surface area contributed by atoms with E-state index in [1.54, 1.807) is 12.0 Å². The molecule has 188 valence electrons. The molecule has 36 heavy (non-hydrogen) atoms. The number of aromatic nitrogens is 3. The first-order valence-electron chi connectivity index (χ1n) is 12.3. The largest absolute Gasteiger partial charge is 0.496 e. The highest BCUT2D eigenvalue weighted by molar-refractivity contribution is 6.01. The Morgan fingerprint density at radius 2 is 1.78 bits per heavy atom. The minimum Gasteiger partial charge on any atom is -0.496 e. The molecule has 3 heterocycles. The van der Waals surface area contributed by atoms with Crippen LogP contribution in [-0.4, -0.2) is 73.1 Å². The lowest BCUT2D eigenvalue weighted by Gasteiger charge is -2.25. The number of carbonyl (C=O) groups is 1. The standard InChI is InChI=1S/C28H34N6O2/c1-6-34(7-2)27-23(28(35)33(4)13-12-29-3)15-20(17-32-27)19-14-22-24(18-31-26(22)30-16-19)21-10-8-9-11-25(21)36-5/h8-11,14-18,29H,6-7,12-13H2,1-5H3,(H,30,31). The van der Waals surface area contributed by atoms with E-state index in [4.69, 9.17) is 9.72 Å². The van der Waals surface area contributed by atoms with Crippen molar-refractivity contribution in [3.8, 4) is 28.0 Å². The monoisotopic (exact) mass is 486 g/mol. The molecule has 0 aliphatic carbocycles. The summed E-state index contributed by atoms with van der Waals surface area (Å²) in [5.74, 6) is 1.45. The molecule has 0 radical (unpaired) electrons. The van der Waals surface area contributed by atoms with Gasteiger partial charge in [0.15, 0.2) is 0 Å². The molecule has 0 spiro atoms. The average molecular weight is 487 g/mol. The first-order chi connectivity index (χ1) is 17.5. The van der Waals surface area contributed by atoms with Crippen LogP contribution in [0.25, 0.3) is 33.3 Å². The van der Waals surface area contributed by atoms with Gasteiger partial charge in [0.2, 0.25) is 0 Å². The van der Waals surface area contributed by atoms with E-state index in [0.29, 0.717) is 17.9 Å². The molecule has 0 atom stereocenters. The van der Waals surface area contributed by atoms with Gasteiger partial charge in [0.25, 0.3) is 5.91 Å². The van der Waals surface area contributed by atoms with Gasteiger partial charge in [-0.2, -0.15) is 0 Å². The molecule has 0 unspecified atom stereocenters. The van der Waals surface area contributed by atoms with Crippen LogP contribution in [0.1, 0.15) is 24.2 Å². The summed E-state index contributed by atoms with van der Waals surface area (Å²) in [6, 6.07) is 12.0. The van der Waals surface area contributed by atoms with Crippen molar-refractivity contribution in [3.05, 3.63) is 60.6 Å². The molecule has 1 amide bonds. The molecule has 8 nitrogen and oxygen atoms in total. The number of rotatable bonds is 10. The summed E-state index contributed by atoms with van der Waals surface area (Å²) in [6.45, 7) is 7.00. The van der Waals surface area contributed by atoms with Gasteiger partial charge in [0.1, 0.15) is 17.2 Å². The van der Waals surface area contributed by atoms with Crippen LogP contribution >= 0.6 is 0 Å². The van der Waals surface area contributed by atoms with Gasteiger partial charge in [-0.05, 0) is 39.1 Å². The summed E-state index contributed by atoms with van der Waals surface area (Å²) in [6.07, 6.45) is 5.60. The number of para-hydroxylation sites is 1. The molecular formula is C28H34N6O2. The van der Waals surface area contributed by atoms with E-state index in [9.17, 15) is 4.79 Å². The van der Waals surface area contributed by atoms with Crippen molar-refractivity contribution in [3.63, 3.8) is 0 Å². The van der Waals surface area contributed by atoms with Gasteiger partial charge in [-0.25, -0.2) is 9.97 Å². The summed E-state index contributed by atoms with van der Waals surface area (Å²) >= 11 is 0. The van der Waals surface area contributed by atoms with Crippen LogP contribution in [0.2, 0.25) is 0 Å². The fourth-order valence-corrected chi connectivity index (χ4v) is 4.39. The van der Waals surface area contributed by atoms with Gasteiger partial charge in [-0.1, -0.05) is 18.2 Å². The second kappa shape index (κ2) is 11.2. The van der Waals surface area contributed by atoms with Crippen molar-refractivity contribution in [1.82, 2.24) is 25.2 Å². The molecule has 0 bridgehead atoms. The number of ether oxygens (including phenoxy) is 1. The van der Waals surface area contributed by atoms with Crippen LogP contribution < -0.4 is 15.0 Å². The van der Waals surface area contributed by atoms with E-state index in [1.165, 1.54) is 0 Å². The number of benzene rings is 1. The number of fused-ring (bicyclic) bond motifs is 1. The molecule has 2 N–H and O–H groups in total. The summed E-state index contributed by atoms with van der Waals surface area (Å²) in [5, 5.41) is 4.08. The van der Waals surface area contributed by atoms with Crippen molar-refractivity contribution >= 4 is 22.8 Å². The van der Waals surface area contributed by atoms with E-state index in [1.807, 2.05) is 63.0 Å². The lowest BCUT2D eigenvalue weighted by Crippen LogP contribution is -2.34. The third kappa shape index (κ3) is 4.90. The van der Waals surface area contributed by atoms with Gasteiger partial charge in [-0.15, -0.1) is 0 Å². The molecule has 3 aromatic heterocycles. The fourth-order valence-electron chi connectivity index (χ4n) is 4.39. The van der Waals surface area contributed by atoms with E-state index in [0.717, 1.165) is 58.7 Å². The Kier molecular flexibility index (Phi) is 7.85. The quantitative estimate of drug-likeness (QED) is 0.345. The summed E-state index contributed by atoms with van der Waals surface area (Å²) in [7, 11) is 5.38. The topological polar surface area (TPSA) is 86.4 Å². The van der Waals surface area contributed by atoms with Crippen LogP contribution in [0.4, 0.5) is 5.82 Å². The van der Waals surface area contributed by atoms with Crippen LogP contribution in [0, 0.1) is 0 Å². The van der Waals surface area contributed by atoms with Gasteiger partial charge >= 0.3 is 0 Å². The predicted octanol–water partition coefficient (Wildman–Crippen LogP) is 4.44. The number of nitrogens with zero attached hydrogens (tertiary/aromatic N) is 4. The number of carbonyl (C=O) groups excluding carboxylic acids is 1. The molecule has 8 heteroatoms. The van der Waals surface area contributed by atoms with Gasteiger partial charge in [0.05, 0.1) is 12.7 Å². The zero-order valence-electron chi connectivity index (χ0n) is 21.6. The van der Waals surface area contributed by atoms with Crippen LogP contribution in [0.3, 0.4) is 0 Å². The van der Waals surface area contributed by atoms with E-state index < -0.39 is 0 Å². The van der Waals surface area contributed by atoms with Gasteiger partial charge in [0, 0.05) is 79.5 Å². The number of pyridine rings is 2. The molecule has 0 fully saturated rings. The van der Waals surface area contributed by atoms with Crippen LogP contribution in [0.15, 0.2) is 55.0 Å². The Labute approximate surface area is 212 Å². The summed E-state index contributed by atoms with van der Waals surface area (Å²) in [4.78, 5) is 30.0. The number of likely N-dealkylation sites (N-methyl/N-ethyl adjacent to an activating group) is 2. The zero-order valence-corrected chi connectivity index (χ0v) is 21.6. The third-order valence-corrected chi connectivity index (χ3v) is 6.47. The zero-order chi connectivity index (χ0) is 25.7. The van der Waals surface area contributed by atoms with Crippen molar-refractivity contribution in [2.24, 2.45) is 0 Å². The van der Waals surface area contributed by atoms with E-state index >= 15 is 0 Å². The summed E-state index contributed by atoms with van der Waals surface area (Å²) < 4.78 is 5.59. The smallest absolute Gasteiger partial charge is 0.257 e. The lowest BCUT2D eigenvalue weighted by atomic mass is 10.0. The highest BCUT2D eigenvalue weighted by Gasteiger charge is 2.21. The predicted molar refractivity (Wildman–Crippen MR) is 146 cm³/mol. The van der Waals surface area contributed by atoms with Crippen molar-refractivity contribution in [2.75, 3.05) is 52.3 Å². The number of anilines is 1. The Hall–Kier alpha value is -3.91. The molecular weight excluding hydrogens is 452 g/mol.